The number of fused-ring (bicyclic) bond motifs is 1. The van der Waals surface area contributed by atoms with Gasteiger partial charge >= 0.3 is 5.97 Å². The van der Waals surface area contributed by atoms with Crippen LogP contribution in [0.2, 0.25) is 0 Å². The highest BCUT2D eigenvalue weighted by atomic mass is 16.4. The molecule has 2 heterocycles. The number of nitrogens with two attached hydrogens (primary N) is 2. The number of benzene rings is 1. The lowest BCUT2D eigenvalue weighted by Gasteiger charge is -2.29. The first-order valence-electron chi connectivity index (χ1n) is 12.7. The number of carbonyl (C=O) groups excluding carboxylic acids is 4. The average molecular weight is 529 g/mol. The Labute approximate surface area is 220 Å². The molecule has 1 fully saturated rings. The number of carbonyl (C=O) groups is 5. The second-order valence-corrected chi connectivity index (χ2v) is 10.1. The van der Waals surface area contributed by atoms with Gasteiger partial charge in [-0.2, -0.15) is 0 Å². The van der Waals surface area contributed by atoms with Crippen LogP contribution in [0.15, 0.2) is 30.5 Å². The van der Waals surface area contributed by atoms with E-state index in [1.54, 1.807) is 6.20 Å². The van der Waals surface area contributed by atoms with Crippen molar-refractivity contribution in [2.45, 2.75) is 70.1 Å². The van der Waals surface area contributed by atoms with E-state index in [0.29, 0.717) is 19.3 Å². The number of carboxylic acids is 1. The minimum absolute atomic E-state index is 0.0571. The van der Waals surface area contributed by atoms with Crippen LogP contribution in [-0.2, 0) is 30.4 Å². The molecule has 12 nitrogen and oxygen atoms in total. The maximum atomic E-state index is 13.6. The van der Waals surface area contributed by atoms with Gasteiger partial charge < -0.3 is 37.1 Å². The van der Waals surface area contributed by atoms with Crippen LogP contribution in [0.3, 0.4) is 0 Å². The first-order valence-corrected chi connectivity index (χ1v) is 12.7. The smallest absolute Gasteiger partial charge is 0.326 e. The van der Waals surface area contributed by atoms with Gasteiger partial charge in [0.1, 0.15) is 18.1 Å². The summed E-state index contributed by atoms with van der Waals surface area (Å²) >= 11 is 0. The van der Waals surface area contributed by atoms with Crippen LogP contribution in [0.25, 0.3) is 10.9 Å². The highest BCUT2D eigenvalue weighted by Crippen LogP contribution is 2.23. The van der Waals surface area contributed by atoms with E-state index in [4.69, 9.17) is 11.5 Å². The Morgan fingerprint density at radius 2 is 1.79 bits per heavy atom. The highest BCUT2D eigenvalue weighted by Gasteiger charge is 2.39. The molecule has 4 unspecified atom stereocenters. The van der Waals surface area contributed by atoms with Crippen LogP contribution >= 0.6 is 0 Å². The van der Waals surface area contributed by atoms with Crippen molar-refractivity contribution in [3.63, 3.8) is 0 Å². The number of nitrogens with zero attached hydrogens (tertiary/aromatic N) is 1. The number of hydrogen-bond acceptors (Lipinski definition) is 6. The molecule has 12 heteroatoms. The summed E-state index contributed by atoms with van der Waals surface area (Å²) in [4.78, 5) is 67.4. The summed E-state index contributed by atoms with van der Waals surface area (Å²) in [6, 6.07) is 3.03. The first kappa shape index (κ1) is 28.6. The second kappa shape index (κ2) is 12.5. The molecule has 206 valence electrons. The Morgan fingerprint density at radius 1 is 1.11 bits per heavy atom. The number of rotatable bonds is 12. The molecule has 1 aliphatic heterocycles. The topological polar surface area (TPSA) is 201 Å². The minimum atomic E-state index is -1.36. The number of aromatic nitrogens is 1. The summed E-state index contributed by atoms with van der Waals surface area (Å²) in [6.45, 7) is 4.02. The molecule has 0 aliphatic carbocycles. The Balaban J connectivity index is 1.87. The number of aliphatic carboxylic acids is 1. The molecule has 0 bridgehead atoms. The fourth-order valence-corrected chi connectivity index (χ4v) is 4.78. The van der Waals surface area contributed by atoms with Crippen LogP contribution in [0.1, 0.15) is 45.1 Å². The molecule has 0 spiro atoms. The molecule has 1 aromatic heterocycles. The van der Waals surface area contributed by atoms with Gasteiger partial charge in [0.05, 0.1) is 12.5 Å². The average Bonchev–Trinajstić information content (AvgIpc) is 3.50. The van der Waals surface area contributed by atoms with E-state index in [0.717, 1.165) is 16.5 Å². The molecule has 1 aliphatic rings. The number of para-hydroxylation sites is 1. The van der Waals surface area contributed by atoms with Crippen LogP contribution in [0.4, 0.5) is 0 Å². The van der Waals surface area contributed by atoms with Gasteiger partial charge in [-0.1, -0.05) is 32.0 Å². The van der Waals surface area contributed by atoms with Crippen LogP contribution in [0.5, 0.6) is 0 Å². The molecule has 4 atom stereocenters. The largest absolute Gasteiger partial charge is 0.480 e. The molecule has 0 radical (unpaired) electrons. The molecular weight excluding hydrogens is 492 g/mol. The van der Waals surface area contributed by atoms with Crippen LogP contribution in [-0.4, -0.2) is 75.3 Å². The fourth-order valence-electron chi connectivity index (χ4n) is 4.78. The molecule has 3 rings (SSSR count). The first-order chi connectivity index (χ1) is 18.0. The van der Waals surface area contributed by atoms with Crippen molar-refractivity contribution < 1.29 is 29.1 Å². The van der Waals surface area contributed by atoms with Crippen LogP contribution in [0, 0.1) is 5.92 Å². The van der Waals surface area contributed by atoms with Crippen molar-refractivity contribution in [1.82, 2.24) is 20.5 Å². The van der Waals surface area contributed by atoms with E-state index < -0.39 is 60.2 Å². The normalized spacial score (nSPS) is 17.7. The number of aromatic amines is 1. The van der Waals surface area contributed by atoms with Gasteiger partial charge in [-0.25, -0.2) is 4.79 Å². The zero-order valence-corrected chi connectivity index (χ0v) is 21.6. The third-order valence-corrected chi connectivity index (χ3v) is 6.63. The number of primary amides is 1. The van der Waals surface area contributed by atoms with E-state index >= 15 is 0 Å². The summed E-state index contributed by atoms with van der Waals surface area (Å²) in [5.74, 6) is -3.80. The molecule has 1 aromatic carbocycles. The number of hydrogen-bond donors (Lipinski definition) is 6. The summed E-state index contributed by atoms with van der Waals surface area (Å²) in [5.41, 5.74) is 12.8. The van der Waals surface area contributed by atoms with Gasteiger partial charge in [0.25, 0.3) is 0 Å². The van der Waals surface area contributed by atoms with E-state index in [1.807, 2.05) is 38.1 Å². The Hall–Kier alpha value is -3.93. The molecule has 0 saturated carbocycles. The summed E-state index contributed by atoms with van der Waals surface area (Å²) in [5, 5.41) is 15.6. The van der Waals surface area contributed by atoms with Gasteiger partial charge in [0, 0.05) is 30.1 Å². The predicted molar refractivity (Wildman–Crippen MR) is 139 cm³/mol. The zero-order chi connectivity index (χ0) is 28.0. The number of amides is 4. The fraction of sp³-hybridized carbons (Fsp3) is 0.500. The predicted octanol–water partition coefficient (Wildman–Crippen LogP) is 0.00440. The van der Waals surface area contributed by atoms with Crippen molar-refractivity contribution >= 4 is 40.5 Å². The number of likely N-dealkylation sites (tertiary alicyclic amines) is 1. The summed E-state index contributed by atoms with van der Waals surface area (Å²) in [7, 11) is 0. The lowest BCUT2D eigenvalue weighted by Crippen LogP contribution is -2.58. The third kappa shape index (κ3) is 7.09. The minimum Gasteiger partial charge on any atom is -0.480 e. The summed E-state index contributed by atoms with van der Waals surface area (Å²) in [6.07, 6.45) is 2.48. The van der Waals surface area contributed by atoms with Crippen molar-refractivity contribution in [3.8, 4) is 0 Å². The zero-order valence-electron chi connectivity index (χ0n) is 21.6. The standard InChI is InChI=1S/C26H36N6O6/c1-14(2)10-17(27)23(34)30-19(12-22(28)33)24(35)31-20(25(36)32-9-5-8-21(32)26(37)38)11-15-13-29-18-7-4-3-6-16(15)18/h3-4,6-7,13-14,17,19-21,29H,5,8-12,27H2,1-2H3,(H2,28,33)(H,30,34)(H,31,35)(H,37,38). The van der Waals surface area contributed by atoms with Crippen molar-refractivity contribution in [3.05, 3.63) is 36.0 Å². The van der Waals surface area contributed by atoms with E-state index in [1.165, 1.54) is 4.90 Å². The van der Waals surface area contributed by atoms with Gasteiger partial charge in [-0.15, -0.1) is 0 Å². The maximum Gasteiger partial charge on any atom is 0.326 e. The highest BCUT2D eigenvalue weighted by molar-refractivity contribution is 5.96. The maximum absolute atomic E-state index is 13.6. The SMILES string of the molecule is CC(C)CC(N)C(=O)NC(CC(N)=O)C(=O)NC(Cc1c[nH]c2ccccc12)C(=O)N1CCCC1C(=O)O. The van der Waals surface area contributed by atoms with Gasteiger partial charge in [-0.3, -0.25) is 19.2 Å². The molecule has 1 saturated heterocycles. The Morgan fingerprint density at radius 3 is 2.45 bits per heavy atom. The monoisotopic (exact) mass is 528 g/mol. The number of nitrogens with one attached hydrogen (secondary N) is 3. The van der Waals surface area contributed by atoms with Crippen molar-refractivity contribution in [2.24, 2.45) is 17.4 Å². The second-order valence-electron chi connectivity index (χ2n) is 10.1. The molecular formula is C26H36N6O6. The molecule has 4 amide bonds. The van der Waals surface area contributed by atoms with Crippen LogP contribution < -0.4 is 22.1 Å². The number of carboxylic acid groups (broad SMARTS) is 1. The van der Waals surface area contributed by atoms with E-state index in [2.05, 4.69) is 15.6 Å². The Kier molecular flexibility index (Phi) is 9.45. The van der Waals surface area contributed by atoms with Gasteiger partial charge in [-0.05, 0) is 36.8 Å². The van der Waals surface area contributed by atoms with E-state index in [-0.39, 0.29) is 18.9 Å². The summed E-state index contributed by atoms with van der Waals surface area (Å²) < 4.78 is 0. The van der Waals surface area contributed by atoms with Crippen molar-refractivity contribution in [1.29, 1.82) is 0 Å². The van der Waals surface area contributed by atoms with Gasteiger partial charge in [0.2, 0.25) is 23.6 Å². The van der Waals surface area contributed by atoms with Crippen molar-refractivity contribution in [2.75, 3.05) is 6.54 Å². The molecule has 8 N–H and O–H groups in total. The number of H-pyrrole nitrogens is 1. The van der Waals surface area contributed by atoms with Gasteiger partial charge in [0.15, 0.2) is 0 Å². The molecule has 38 heavy (non-hydrogen) atoms. The lowest BCUT2D eigenvalue weighted by atomic mass is 10.0. The third-order valence-electron chi connectivity index (χ3n) is 6.63. The Bertz CT molecular complexity index is 1190. The quantitative estimate of drug-likeness (QED) is 0.222. The molecule has 2 aromatic rings. The lowest BCUT2D eigenvalue weighted by molar-refractivity contribution is -0.149. The van der Waals surface area contributed by atoms with E-state index in [9.17, 15) is 29.1 Å².